The number of carbonyl (C=O) groups excluding carboxylic acids is 1. The molecule has 0 spiro atoms. The molecule has 2 aromatic carbocycles. The first-order valence-corrected chi connectivity index (χ1v) is 5.78. The number of rotatable bonds is 1. The molecule has 0 fully saturated rings. The summed E-state index contributed by atoms with van der Waals surface area (Å²) in [6.07, 6.45) is 0. The standard InChI is InChI=1S/C15H11N2O/c16-14-13-9-5-4-8-12(13)10-17(14)15(18)11-6-2-1-3-7-11/h1-9H,10H2. The minimum absolute atomic E-state index is 0.0412. The van der Waals surface area contributed by atoms with Crippen LogP contribution in [0.15, 0.2) is 54.6 Å². The molecule has 1 amide bonds. The number of amides is 1. The van der Waals surface area contributed by atoms with Crippen molar-refractivity contribution in [1.82, 2.24) is 10.3 Å². The van der Waals surface area contributed by atoms with Crippen molar-refractivity contribution in [1.29, 1.82) is 0 Å². The maximum Gasteiger partial charge on any atom is 0.259 e. The van der Waals surface area contributed by atoms with Crippen molar-refractivity contribution in [2.45, 2.75) is 6.54 Å². The van der Waals surface area contributed by atoms with Gasteiger partial charge in [0.05, 0.1) is 6.54 Å². The molecule has 0 aliphatic carbocycles. The number of hydrogen-bond donors (Lipinski definition) is 0. The van der Waals surface area contributed by atoms with Crippen LogP contribution in [-0.4, -0.2) is 16.6 Å². The van der Waals surface area contributed by atoms with Gasteiger partial charge in [-0.05, 0) is 17.7 Å². The maximum atomic E-state index is 12.3. The van der Waals surface area contributed by atoms with Gasteiger partial charge in [-0.2, -0.15) is 0 Å². The van der Waals surface area contributed by atoms with Gasteiger partial charge in [0.2, 0.25) is 0 Å². The van der Waals surface area contributed by atoms with Crippen LogP contribution in [0, 0.1) is 0 Å². The zero-order valence-corrected chi connectivity index (χ0v) is 9.71. The Kier molecular flexibility index (Phi) is 2.45. The molecule has 3 heteroatoms. The molecule has 0 unspecified atom stereocenters. The van der Waals surface area contributed by atoms with Crippen LogP contribution in [0.3, 0.4) is 0 Å². The molecular weight excluding hydrogens is 224 g/mol. The summed E-state index contributed by atoms with van der Waals surface area (Å²) >= 11 is 0. The Balaban J connectivity index is 1.94. The highest BCUT2D eigenvalue weighted by Crippen LogP contribution is 2.23. The lowest BCUT2D eigenvalue weighted by molar-refractivity contribution is 0.0846. The summed E-state index contributed by atoms with van der Waals surface area (Å²) in [5.74, 6) is -0.135. The third-order valence-electron chi connectivity index (χ3n) is 3.11. The largest absolute Gasteiger partial charge is 0.286 e. The Labute approximate surface area is 105 Å². The predicted octanol–water partition coefficient (Wildman–Crippen LogP) is 1.89. The van der Waals surface area contributed by atoms with E-state index in [4.69, 9.17) is 0 Å². The minimum atomic E-state index is -0.177. The summed E-state index contributed by atoms with van der Waals surface area (Å²) in [7, 11) is 0. The number of hydrogen-bond acceptors (Lipinski definition) is 1. The van der Waals surface area contributed by atoms with Gasteiger partial charge >= 0.3 is 0 Å². The van der Waals surface area contributed by atoms with Crippen molar-refractivity contribution in [3.63, 3.8) is 0 Å². The van der Waals surface area contributed by atoms with Gasteiger partial charge in [-0.25, -0.2) is 0 Å². The van der Waals surface area contributed by atoms with Gasteiger partial charge in [-0.3, -0.25) is 9.69 Å². The molecule has 1 heterocycles. The average Bonchev–Trinajstić information content (AvgIpc) is 2.77. The number of fused-ring (bicyclic) bond motifs is 1. The van der Waals surface area contributed by atoms with E-state index in [1.807, 2.05) is 42.5 Å². The average molecular weight is 235 g/mol. The fourth-order valence-corrected chi connectivity index (χ4v) is 2.17. The topological polar surface area (TPSA) is 42.6 Å². The van der Waals surface area contributed by atoms with Gasteiger partial charge in [0.25, 0.3) is 5.91 Å². The van der Waals surface area contributed by atoms with Crippen LogP contribution in [0.25, 0.3) is 0 Å². The number of nitrogens with zero attached hydrogens (tertiary/aromatic N) is 2. The smallest absolute Gasteiger partial charge is 0.259 e. The monoisotopic (exact) mass is 235 g/mol. The molecule has 0 bridgehead atoms. The van der Waals surface area contributed by atoms with E-state index in [-0.39, 0.29) is 11.7 Å². The summed E-state index contributed by atoms with van der Waals surface area (Å²) in [6, 6.07) is 16.5. The first-order chi connectivity index (χ1) is 8.77. The normalized spacial score (nSPS) is 13.6. The second kappa shape index (κ2) is 4.11. The highest BCUT2D eigenvalue weighted by molar-refractivity contribution is 6.14. The molecule has 0 N–H and O–H groups in total. The van der Waals surface area contributed by atoms with E-state index in [0.717, 1.165) is 11.1 Å². The number of benzene rings is 2. The zero-order valence-electron chi connectivity index (χ0n) is 9.71. The maximum absolute atomic E-state index is 12.3. The molecule has 3 rings (SSSR count). The first kappa shape index (κ1) is 10.7. The van der Waals surface area contributed by atoms with Gasteiger partial charge in [0.15, 0.2) is 5.84 Å². The zero-order chi connectivity index (χ0) is 12.5. The first-order valence-electron chi connectivity index (χ1n) is 5.78. The van der Waals surface area contributed by atoms with E-state index in [0.29, 0.717) is 12.1 Å². The third kappa shape index (κ3) is 1.61. The Hall–Kier alpha value is -2.42. The van der Waals surface area contributed by atoms with Crippen LogP contribution < -0.4 is 5.41 Å². The molecular formula is C15H11N2O. The summed E-state index contributed by atoms with van der Waals surface area (Å²) in [6.45, 7) is 0.426. The fraction of sp³-hybridized carbons (Fsp3) is 0.0667. The van der Waals surface area contributed by atoms with E-state index in [1.165, 1.54) is 4.90 Å². The van der Waals surface area contributed by atoms with E-state index < -0.39 is 0 Å². The molecule has 0 atom stereocenters. The summed E-state index contributed by atoms with van der Waals surface area (Å²) < 4.78 is 0. The van der Waals surface area contributed by atoms with Crippen LogP contribution in [-0.2, 0) is 6.54 Å². The predicted molar refractivity (Wildman–Crippen MR) is 69.0 cm³/mol. The van der Waals surface area contributed by atoms with Gasteiger partial charge in [-0.15, -0.1) is 5.41 Å². The van der Waals surface area contributed by atoms with Crippen LogP contribution in [0.1, 0.15) is 21.5 Å². The molecule has 1 aliphatic rings. The molecule has 0 saturated carbocycles. The Bertz CT molecular complexity index is 619. The highest BCUT2D eigenvalue weighted by Gasteiger charge is 2.29. The molecule has 87 valence electrons. The van der Waals surface area contributed by atoms with E-state index in [1.54, 1.807) is 12.1 Å². The van der Waals surface area contributed by atoms with Gasteiger partial charge in [0, 0.05) is 11.1 Å². The van der Waals surface area contributed by atoms with Crippen molar-refractivity contribution in [2.75, 3.05) is 0 Å². The van der Waals surface area contributed by atoms with Crippen molar-refractivity contribution in [3.8, 4) is 0 Å². The molecule has 2 aromatic rings. The summed E-state index contributed by atoms with van der Waals surface area (Å²) in [5, 5.41) is 10.1. The Morgan fingerprint density at radius 2 is 1.67 bits per heavy atom. The fourth-order valence-electron chi connectivity index (χ4n) is 2.17. The second-order valence-corrected chi connectivity index (χ2v) is 4.24. The summed E-state index contributed by atoms with van der Waals surface area (Å²) in [4.78, 5) is 13.7. The van der Waals surface area contributed by atoms with Crippen LogP contribution >= 0.6 is 0 Å². The number of carbonyl (C=O) groups is 1. The number of amidine groups is 1. The van der Waals surface area contributed by atoms with Crippen LogP contribution in [0.5, 0.6) is 0 Å². The molecule has 1 aliphatic heterocycles. The van der Waals surface area contributed by atoms with E-state index >= 15 is 0 Å². The Morgan fingerprint density at radius 1 is 1.00 bits per heavy atom. The van der Waals surface area contributed by atoms with Crippen molar-refractivity contribution < 1.29 is 4.79 Å². The SMILES string of the molecule is [N]=C1c2ccccc2CN1C(=O)c1ccccc1. The van der Waals surface area contributed by atoms with Crippen molar-refractivity contribution >= 4 is 11.7 Å². The van der Waals surface area contributed by atoms with Gasteiger partial charge in [0.1, 0.15) is 0 Å². The van der Waals surface area contributed by atoms with Crippen LogP contribution in [0.4, 0.5) is 0 Å². The third-order valence-corrected chi connectivity index (χ3v) is 3.11. The lowest BCUT2D eigenvalue weighted by Gasteiger charge is -2.14. The van der Waals surface area contributed by atoms with Crippen molar-refractivity contribution in [3.05, 3.63) is 71.3 Å². The molecule has 18 heavy (non-hydrogen) atoms. The lowest BCUT2D eigenvalue weighted by atomic mass is 10.1. The molecule has 0 saturated heterocycles. The second-order valence-electron chi connectivity index (χ2n) is 4.24. The minimum Gasteiger partial charge on any atom is -0.286 e. The molecule has 3 nitrogen and oxygen atoms in total. The quantitative estimate of drug-likeness (QED) is 0.744. The van der Waals surface area contributed by atoms with Crippen molar-refractivity contribution in [2.24, 2.45) is 0 Å². The Morgan fingerprint density at radius 3 is 2.39 bits per heavy atom. The molecule has 0 aromatic heterocycles. The van der Waals surface area contributed by atoms with Gasteiger partial charge < -0.3 is 0 Å². The van der Waals surface area contributed by atoms with E-state index in [2.05, 4.69) is 0 Å². The molecule has 1 radical (unpaired) electrons. The summed E-state index contributed by atoms with van der Waals surface area (Å²) in [5.41, 5.74) is 2.29. The lowest BCUT2D eigenvalue weighted by Crippen LogP contribution is -2.32. The van der Waals surface area contributed by atoms with Crippen LogP contribution in [0.2, 0.25) is 0 Å². The van der Waals surface area contributed by atoms with Gasteiger partial charge in [-0.1, -0.05) is 42.5 Å². The van der Waals surface area contributed by atoms with E-state index in [9.17, 15) is 10.2 Å². The highest BCUT2D eigenvalue weighted by atomic mass is 16.2.